The van der Waals surface area contributed by atoms with Crippen LogP contribution in [0.5, 0.6) is 0 Å². The number of hydrogen-bond acceptors (Lipinski definition) is 3. The molecule has 0 spiro atoms. The van der Waals surface area contributed by atoms with Crippen LogP contribution in [-0.4, -0.2) is 43.0 Å². The fraction of sp³-hybridized carbons (Fsp3) is 0.316. The minimum atomic E-state index is 0.196. The van der Waals surface area contributed by atoms with Crippen LogP contribution >= 0.6 is 0 Å². The predicted octanol–water partition coefficient (Wildman–Crippen LogP) is 2.30. The van der Waals surface area contributed by atoms with E-state index in [-0.39, 0.29) is 11.9 Å². The van der Waals surface area contributed by atoms with Gasteiger partial charge in [0.15, 0.2) is 0 Å². The molecule has 1 saturated heterocycles. The Balaban J connectivity index is 1.40. The third-order valence-corrected chi connectivity index (χ3v) is 4.72. The van der Waals surface area contributed by atoms with Crippen molar-refractivity contribution in [2.75, 3.05) is 6.54 Å². The monoisotopic (exact) mass is 335 g/mol. The number of carbonyl (C=O) groups excluding carboxylic acids is 1. The Morgan fingerprint density at radius 1 is 1.08 bits per heavy atom. The molecule has 0 saturated carbocycles. The van der Waals surface area contributed by atoms with Gasteiger partial charge in [-0.2, -0.15) is 10.2 Å². The molecule has 25 heavy (non-hydrogen) atoms. The summed E-state index contributed by atoms with van der Waals surface area (Å²) in [5, 5.41) is 8.48. The first-order valence-corrected chi connectivity index (χ1v) is 8.65. The van der Waals surface area contributed by atoms with Crippen LogP contribution in [0.4, 0.5) is 0 Å². The van der Waals surface area contributed by atoms with Gasteiger partial charge < -0.3 is 4.90 Å². The van der Waals surface area contributed by atoms with Gasteiger partial charge in [-0.25, -0.2) is 4.68 Å². The van der Waals surface area contributed by atoms with Gasteiger partial charge in [0.2, 0.25) is 5.91 Å². The number of amides is 1. The molecule has 0 radical (unpaired) electrons. The SMILES string of the molecule is O=C(Cc1ccc(-n2cccn2)cc1)N1CCCC1Cn1cccn1. The summed E-state index contributed by atoms with van der Waals surface area (Å²) in [6, 6.07) is 12.1. The Morgan fingerprint density at radius 2 is 1.88 bits per heavy atom. The number of rotatable bonds is 5. The van der Waals surface area contributed by atoms with Gasteiger partial charge in [0.05, 0.1) is 24.7 Å². The molecule has 3 heterocycles. The number of likely N-dealkylation sites (tertiary alicyclic amines) is 1. The molecular weight excluding hydrogens is 314 g/mol. The summed E-state index contributed by atoms with van der Waals surface area (Å²) in [7, 11) is 0. The van der Waals surface area contributed by atoms with Crippen LogP contribution in [0.2, 0.25) is 0 Å². The number of nitrogens with zero attached hydrogens (tertiary/aromatic N) is 5. The zero-order valence-electron chi connectivity index (χ0n) is 14.0. The molecule has 1 aliphatic rings. The minimum Gasteiger partial charge on any atom is -0.338 e. The fourth-order valence-electron chi connectivity index (χ4n) is 3.44. The third-order valence-electron chi connectivity index (χ3n) is 4.72. The first-order valence-electron chi connectivity index (χ1n) is 8.65. The van der Waals surface area contributed by atoms with Gasteiger partial charge in [0.1, 0.15) is 0 Å². The number of benzene rings is 1. The Morgan fingerprint density at radius 3 is 2.60 bits per heavy atom. The van der Waals surface area contributed by atoms with E-state index in [1.165, 1.54) is 0 Å². The lowest BCUT2D eigenvalue weighted by atomic mass is 10.1. The van der Waals surface area contributed by atoms with Crippen molar-refractivity contribution in [3.8, 4) is 5.69 Å². The summed E-state index contributed by atoms with van der Waals surface area (Å²) in [6.45, 7) is 1.62. The van der Waals surface area contributed by atoms with Gasteiger partial charge in [-0.3, -0.25) is 9.48 Å². The van der Waals surface area contributed by atoms with Crippen LogP contribution in [0.1, 0.15) is 18.4 Å². The largest absolute Gasteiger partial charge is 0.338 e. The van der Waals surface area contributed by atoms with E-state index in [2.05, 4.69) is 10.2 Å². The van der Waals surface area contributed by atoms with E-state index in [0.29, 0.717) is 6.42 Å². The van der Waals surface area contributed by atoms with Crippen LogP contribution in [0.15, 0.2) is 61.2 Å². The number of carbonyl (C=O) groups is 1. The summed E-state index contributed by atoms with van der Waals surface area (Å²) < 4.78 is 3.72. The summed E-state index contributed by atoms with van der Waals surface area (Å²) in [4.78, 5) is 14.8. The van der Waals surface area contributed by atoms with E-state index in [1.54, 1.807) is 12.4 Å². The van der Waals surface area contributed by atoms with Gasteiger partial charge in [-0.1, -0.05) is 12.1 Å². The highest BCUT2D eigenvalue weighted by atomic mass is 16.2. The van der Waals surface area contributed by atoms with E-state index in [1.807, 2.05) is 63.1 Å². The molecule has 1 amide bonds. The van der Waals surface area contributed by atoms with Gasteiger partial charge in [0.25, 0.3) is 0 Å². The van der Waals surface area contributed by atoms with Crippen molar-refractivity contribution in [3.63, 3.8) is 0 Å². The van der Waals surface area contributed by atoms with Crippen molar-refractivity contribution in [2.24, 2.45) is 0 Å². The Labute approximate surface area is 146 Å². The van der Waals surface area contributed by atoms with Crippen molar-refractivity contribution in [2.45, 2.75) is 31.8 Å². The van der Waals surface area contributed by atoms with Crippen molar-refractivity contribution in [1.82, 2.24) is 24.5 Å². The average Bonchev–Trinajstić information content (AvgIpc) is 3.39. The molecule has 1 atom stereocenters. The molecule has 1 aromatic carbocycles. The molecule has 0 N–H and O–H groups in total. The maximum Gasteiger partial charge on any atom is 0.227 e. The van der Waals surface area contributed by atoms with Crippen molar-refractivity contribution in [3.05, 3.63) is 66.7 Å². The molecule has 1 aliphatic heterocycles. The van der Waals surface area contributed by atoms with Gasteiger partial charge in [-0.15, -0.1) is 0 Å². The van der Waals surface area contributed by atoms with Crippen molar-refractivity contribution < 1.29 is 4.79 Å². The van der Waals surface area contributed by atoms with Gasteiger partial charge >= 0.3 is 0 Å². The smallest absolute Gasteiger partial charge is 0.227 e. The zero-order chi connectivity index (χ0) is 17.1. The van der Waals surface area contributed by atoms with E-state index in [0.717, 1.165) is 37.2 Å². The average molecular weight is 335 g/mol. The molecule has 1 unspecified atom stereocenters. The van der Waals surface area contributed by atoms with Crippen LogP contribution in [0, 0.1) is 0 Å². The normalized spacial score (nSPS) is 17.1. The second-order valence-corrected chi connectivity index (χ2v) is 6.41. The molecule has 0 bridgehead atoms. The summed E-state index contributed by atoms with van der Waals surface area (Å²) in [5.74, 6) is 0.196. The topological polar surface area (TPSA) is 56.0 Å². The number of hydrogen-bond donors (Lipinski definition) is 0. The second kappa shape index (κ2) is 6.93. The molecule has 2 aromatic heterocycles. The molecule has 128 valence electrons. The highest BCUT2D eigenvalue weighted by Gasteiger charge is 2.28. The Hall–Kier alpha value is -2.89. The highest BCUT2D eigenvalue weighted by Crippen LogP contribution is 2.20. The molecule has 0 aliphatic carbocycles. The Kier molecular flexibility index (Phi) is 4.33. The van der Waals surface area contributed by atoms with Crippen LogP contribution < -0.4 is 0 Å². The lowest BCUT2D eigenvalue weighted by Gasteiger charge is -2.25. The van der Waals surface area contributed by atoms with E-state index < -0.39 is 0 Å². The van der Waals surface area contributed by atoms with Crippen molar-refractivity contribution in [1.29, 1.82) is 0 Å². The minimum absolute atomic E-state index is 0.196. The summed E-state index contributed by atoms with van der Waals surface area (Å²) >= 11 is 0. The lowest BCUT2D eigenvalue weighted by Crippen LogP contribution is -2.39. The van der Waals surface area contributed by atoms with Gasteiger partial charge in [-0.05, 0) is 42.7 Å². The first-order chi connectivity index (χ1) is 12.3. The van der Waals surface area contributed by atoms with E-state index >= 15 is 0 Å². The quantitative estimate of drug-likeness (QED) is 0.719. The maximum absolute atomic E-state index is 12.7. The third kappa shape index (κ3) is 3.47. The molecule has 3 aromatic rings. The second-order valence-electron chi connectivity index (χ2n) is 6.41. The summed E-state index contributed by atoms with van der Waals surface area (Å²) in [5.41, 5.74) is 2.03. The van der Waals surface area contributed by atoms with E-state index in [4.69, 9.17) is 0 Å². The number of aromatic nitrogens is 4. The Bertz CT molecular complexity index is 808. The highest BCUT2D eigenvalue weighted by molar-refractivity contribution is 5.79. The molecule has 1 fully saturated rings. The van der Waals surface area contributed by atoms with Crippen LogP contribution in [0.25, 0.3) is 5.69 Å². The standard InChI is InChI=1S/C19H21N5O/c25-19(23-12-1-4-18(23)15-22-11-2-9-20-22)14-16-5-7-17(8-6-16)24-13-3-10-21-24/h2-3,5-11,13,18H,1,4,12,14-15H2. The fourth-order valence-corrected chi connectivity index (χ4v) is 3.44. The summed E-state index contributed by atoms with van der Waals surface area (Å²) in [6.07, 6.45) is 9.95. The van der Waals surface area contributed by atoms with Gasteiger partial charge in [0, 0.05) is 31.3 Å². The predicted molar refractivity (Wildman–Crippen MR) is 94.2 cm³/mol. The van der Waals surface area contributed by atoms with Crippen molar-refractivity contribution >= 4 is 5.91 Å². The molecular formula is C19H21N5O. The van der Waals surface area contributed by atoms with E-state index in [9.17, 15) is 4.79 Å². The van der Waals surface area contributed by atoms with Crippen LogP contribution in [-0.2, 0) is 17.8 Å². The molecule has 6 heteroatoms. The zero-order valence-corrected chi connectivity index (χ0v) is 14.0. The van der Waals surface area contributed by atoms with Crippen LogP contribution in [0.3, 0.4) is 0 Å². The lowest BCUT2D eigenvalue weighted by molar-refractivity contribution is -0.131. The first kappa shape index (κ1) is 15.6. The molecule has 6 nitrogen and oxygen atoms in total. The molecule has 4 rings (SSSR count). The maximum atomic E-state index is 12.7.